The van der Waals surface area contributed by atoms with Crippen LogP contribution in [0.4, 0.5) is 0 Å². The van der Waals surface area contributed by atoms with Crippen molar-refractivity contribution in [2.45, 2.75) is 6.04 Å². The van der Waals surface area contributed by atoms with E-state index in [2.05, 4.69) is 20.1 Å². The lowest BCUT2D eigenvalue weighted by Crippen LogP contribution is -2.12. The van der Waals surface area contributed by atoms with Crippen molar-refractivity contribution in [3.05, 3.63) is 54.6 Å². The highest BCUT2D eigenvalue weighted by Gasteiger charge is 2.14. The summed E-state index contributed by atoms with van der Waals surface area (Å²) in [6, 6.07) is -0.294. The zero-order chi connectivity index (χ0) is 11.7. The van der Waals surface area contributed by atoms with E-state index in [0.29, 0.717) is 0 Å². The van der Waals surface area contributed by atoms with Gasteiger partial charge in [-0.3, -0.25) is 4.98 Å². The highest BCUT2D eigenvalue weighted by atomic mass is 15.2. The Labute approximate surface area is 97.2 Å². The average Bonchev–Trinajstić information content (AvgIpc) is 2.83. The van der Waals surface area contributed by atoms with E-state index in [9.17, 15) is 0 Å². The van der Waals surface area contributed by atoms with Gasteiger partial charge in [-0.1, -0.05) is 0 Å². The van der Waals surface area contributed by atoms with Crippen molar-refractivity contribution in [2.75, 3.05) is 0 Å². The zero-order valence-electron chi connectivity index (χ0n) is 8.93. The van der Waals surface area contributed by atoms with Crippen molar-refractivity contribution in [1.29, 1.82) is 0 Å². The Morgan fingerprint density at radius 3 is 2.71 bits per heavy atom. The molecule has 0 aromatic carbocycles. The summed E-state index contributed by atoms with van der Waals surface area (Å²) >= 11 is 0. The van der Waals surface area contributed by atoms with Gasteiger partial charge in [-0.25, -0.2) is 14.5 Å². The van der Waals surface area contributed by atoms with Gasteiger partial charge in [0.2, 0.25) is 0 Å². The normalized spacial score (nSPS) is 12.8. The largest absolute Gasteiger partial charge is 0.320 e. The predicted molar refractivity (Wildman–Crippen MR) is 61.0 cm³/mol. The van der Waals surface area contributed by atoms with Gasteiger partial charge in [0.25, 0.3) is 0 Å². The first-order valence-electron chi connectivity index (χ1n) is 5.14. The van der Waals surface area contributed by atoms with Crippen molar-refractivity contribution in [3.8, 4) is 0 Å². The molecule has 0 aliphatic carbocycles. The van der Waals surface area contributed by atoms with Gasteiger partial charge < -0.3 is 5.73 Å². The van der Waals surface area contributed by atoms with Gasteiger partial charge in [-0.2, -0.15) is 5.10 Å². The number of hydrogen-bond acceptors (Lipinski definition) is 5. The molecule has 3 heterocycles. The first kappa shape index (κ1) is 9.86. The molecule has 3 aromatic heterocycles. The molecular formula is C11H10N6. The maximum absolute atomic E-state index is 6.17. The molecule has 0 bridgehead atoms. The number of rotatable bonds is 2. The van der Waals surface area contributed by atoms with Gasteiger partial charge >= 0.3 is 0 Å². The topological polar surface area (TPSA) is 82.0 Å². The van der Waals surface area contributed by atoms with E-state index < -0.39 is 0 Å². The van der Waals surface area contributed by atoms with Gasteiger partial charge in [0.05, 0.1) is 24.0 Å². The van der Waals surface area contributed by atoms with E-state index in [1.807, 2.05) is 0 Å². The van der Waals surface area contributed by atoms with Gasteiger partial charge in [-0.05, 0) is 0 Å². The molecular weight excluding hydrogens is 216 g/mol. The van der Waals surface area contributed by atoms with E-state index in [1.54, 1.807) is 41.7 Å². The molecule has 0 saturated carbocycles. The molecule has 6 heteroatoms. The van der Waals surface area contributed by atoms with Crippen LogP contribution in [0, 0.1) is 0 Å². The molecule has 17 heavy (non-hydrogen) atoms. The molecule has 0 aliphatic heterocycles. The quantitative estimate of drug-likeness (QED) is 0.690. The number of aromatic nitrogens is 5. The highest BCUT2D eigenvalue weighted by molar-refractivity contribution is 5.55. The summed E-state index contributed by atoms with van der Waals surface area (Å²) in [7, 11) is 0. The van der Waals surface area contributed by atoms with Gasteiger partial charge in [0, 0.05) is 35.9 Å². The van der Waals surface area contributed by atoms with Crippen LogP contribution in [0.1, 0.15) is 17.2 Å². The maximum Gasteiger partial charge on any atom is 0.115 e. The van der Waals surface area contributed by atoms with Crippen molar-refractivity contribution < 1.29 is 0 Å². The Morgan fingerprint density at radius 2 is 1.88 bits per heavy atom. The predicted octanol–water partition coefficient (Wildman–Crippen LogP) is 0.567. The second-order valence-corrected chi connectivity index (χ2v) is 3.66. The van der Waals surface area contributed by atoms with Crippen LogP contribution in [-0.2, 0) is 0 Å². The van der Waals surface area contributed by atoms with E-state index in [0.717, 1.165) is 16.6 Å². The van der Waals surface area contributed by atoms with E-state index in [4.69, 9.17) is 5.73 Å². The number of nitrogens with zero attached hydrogens (tertiary/aromatic N) is 5. The summed E-state index contributed by atoms with van der Waals surface area (Å²) in [5, 5.41) is 4.22. The lowest BCUT2D eigenvalue weighted by molar-refractivity contribution is 0.857. The third-order valence-corrected chi connectivity index (χ3v) is 2.63. The number of hydrogen-bond donors (Lipinski definition) is 1. The molecule has 3 rings (SSSR count). The van der Waals surface area contributed by atoms with Crippen LogP contribution in [0.2, 0.25) is 0 Å². The molecule has 0 saturated heterocycles. The van der Waals surface area contributed by atoms with Crippen LogP contribution < -0.4 is 5.73 Å². The van der Waals surface area contributed by atoms with Crippen molar-refractivity contribution in [3.63, 3.8) is 0 Å². The average molecular weight is 226 g/mol. The van der Waals surface area contributed by atoms with Gasteiger partial charge in [-0.15, -0.1) is 0 Å². The summed E-state index contributed by atoms with van der Waals surface area (Å²) in [4.78, 5) is 12.0. The fourth-order valence-electron chi connectivity index (χ4n) is 1.74. The highest BCUT2D eigenvalue weighted by Crippen LogP contribution is 2.21. The zero-order valence-corrected chi connectivity index (χ0v) is 8.93. The second kappa shape index (κ2) is 3.91. The molecule has 0 spiro atoms. The first-order chi connectivity index (χ1) is 8.36. The Morgan fingerprint density at radius 1 is 1.06 bits per heavy atom. The fourth-order valence-corrected chi connectivity index (χ4v) is 1.74. The molecule has 1 atom stereocenters. The molecule has 0 amide bonds. The second-order valence-electron chi connectivity index (χ2n) is 3.66. The first-order valence-corrected chi connectivity index (χ1v) is 5.14. The maximum atomic E-state index is 6.17. The minimum atomic E-state index is -0.294. The van der Waals surface area contributed by atoms with Crippen molar-refractivity contribution >= 4 is 5.52 Å². The summed E-state index contributed by atoms with van der Waals surface area (Å²) in [6.07, 6.45) is 11.8. The lowest BCUT2D eigenvalue weighted by atomic mass is 10.0. The van der Waals surface area contributed by atoms with Crippen LogP contribution in [0.5, 0.6) is 0 Å². The van der Waals surface area contributed by atoms with Crippen LogP contribution in [0.3, 0.4) is 0 Å². The fraction of sp³-hybridized carbons (Fsp3) is 0.0909. The lowest BCUT2D eigenvalue weighted by Gasteiger charge is -2.08. The SMILES string of the molecule is NC(c1cncnc1)c1cnn2ccncc12. The van der Waals surface area contributed by atoms with E-state index in [-0.39, 0.29) is 6.04 Å². The Bertz CT molecular complexity index is 633. The standard InChI is InChI=1S/C11H10N6/c12-11(8-3-14-7-15-4-8)9-5-16-17-2-1-13-6-10(9)17/h1-7,11H,12H2. The van der Waals surface area contributed by atoms with Crippen molar-refractivity contribution in [2.24, 2.45) is 5.73 Å². The number of nitrogens with two attached hydrogens (primary N) is 1. The summed E-state index contributed by atoms with van der Waals surface area (Å²) in [5.74, 6) is 0. The third-order valence-electron chi connectivity index (χ3n) is 2.63. The molecule has 0 fully saturated rings. The molecule has 0 radical (unpaired) electrons. The van der Waals surface area contributed by atoms with Crippen LogP contribution in [0.15, 0.2) is 43.5 Å². The van der Waals surface area contributed by atoms with Crippen molar-refractivity contribution in [1.82, 2.24) is 24.6 Å². The third kappa shape index (κ3) is 1.64. The summed E-state index contributed by atoms with van der Waals surface area (Å²) in [5.41, 5.74) is 8.82. The molecule has 0 aliphatic rings. The van der Waals surface area contributed by atoms with Crippen LogP contribution in [-0.4, -0.2) is 24.6 Å². The monoisotopic (exact) mass is 226 g/mol. The Hall–Kier alpha value is -2.34. The molecule has 6 nitrogen and oxygen atoms in total. The van der Waals surface area contributed by atoms with Crippen LogP contribution >= 0.6 is 0 Å². The molecule has 84 valence electrons. The molecule has 1 unspecified atom stereocenters. The van der Waals surface area contributed by atoms with Gasteiger partial charge in [0.15, 0.2) is 0 Å². The smallest absolute Gasteiger partial charge is 0.115 e. The summed E-state index contributed by atoms with van der Waals surface area (Å²) < 4.78 is 1.74. The molecule has 2 N–H and O–H groups in total. The minimum absolute atomic E-state index is 0.294. The Balaban J connectivity index is 2.10. The number of fused-ring (bicyclic) bond motifs is 1. The van der Waals surface area contributed by atoms with Crippen LogP contribution in [0.25, 0.3) is 5.52 Å². The Kier molecular flexibility index (Phi) is 2.27. The molecule has 3 aromatic rings. The minimum Gasteiger partial charge on any atom is -0.320 e. The van der Waals surface area contributed by atoms with Gasteiger partial charge in [0.1, 0.15) is 6.33 Å². The van der Waals surface area contributed by atoms with E-state index in [1.165, 1.54) is 6.33 Å². The van der Waals surface area contributed by atoms with E-state index >= 15 is 0 Å². The summed E-state index contributed by atoms with van der Waals surface area (Å²) in [6.45, 7) is 0.